The Kier molecular flexibility index (Phi) is 5.49. The van der Waals surface area contributed by atoms with Crippen LogP contribution in [0.5, 0.6) is 0 Å². The highest BCUT2D eigenvalue weighted by atomic mass is 32.2. The first-order valence-corrected chi connectivity index (χ1v) is 5.98. The monoisotopic (exact) mass is 280 g/mol. The Morgan fingerprint density at radius 3 is 2.39 bits per heavy atom. The smallest absolute Gasteiger partial charge is 0.411 e. The molecule has 0 fully saturated rings. The van der Waals surface area contributed by atoms with Crippen LogP contribution in [-0.2, 0) is 4.74 Å². The quantitative estimate of drug-likeness (QED) is 0.642. The van der Waals surface area contributed by atoms with E-state index in [1.165, 1.54) is 23.9 Å². The lowest BCUT2D eigenvalue weighted by molar-refractivity contribution is -0.172. The molecule has 0 aliphatic heterocycles. The largest absolute Gasteiger partial charge is 0.478 e. The van der Waals surface area contributed by atoms with Gasteiger partial charge in [-0.1, -0.05) is 0 Å². The maximum atomic E-state index is 11.7. The summed E-state index contributed by atoms with van der Waals surface area (Å²) >= 11 is 1.31. The molecule has 0 aliphatic rings. The maximum Gasteiger partial charge on any atom is 0.411 e. The van der Waals surface area contributed by atoms with Gasteiger partial charge in [0.15, 0.2) is 0 Å². The fourth-order valence-corrected chi connectivity index (χ4v) is 1.87. The topological polar surface area (TPSA) is 46.5 Å². The lowest BCUT2D eigenvalue weighted by Gasteiger charge is -2.07. The number of benzene rings is 1. The SMILES string of the molecule is O=C(O)c1ccc(SCCOCC(F)(F)F)cc1. The number of carboxylic acid groups (broad SMARTS) is 1. The van der Waals surface area contributed by atoms with Crippen molar-refractivity contribution in [3.05, 3.63) is 29.8 Å². The van der Waals surface area contributed by atoms with Crippen molar-refractivity contribution in [2.45, 2.75) is 11.1 Å². The summed E-state index contributed by atoms with van der Waals surface area (Å²) in [5.41, 5.74) is 0.174. The van der Waals surface area contributed by atoms with Crippen molar-refractivity contribution in [1.29, 1.82) is 0 Å². The van der Waals surface area contributed by atoms with Crippen LogP contribution in [0.3, 0.4) is 0 Å². The first-order chi connectivity index (χ1) is 8.38. The van der Waals surface area contributed by atoms with Gasteiger partial charge in [-0.05, 0) is 24.3 Å². The molecule has 0 amide bonds. The van der Waals surface area contributed by atoms with Gasteiger partial charge >= 0.3 is 12.1 Å². The first kappa shape index (κ1) is 14.8. The van der Waals surface area contributed by atoms with Crippen LogP contribution < -0.4 is 0 Å². The van der Waals surface area contributed by atoms with Gasteiger partial charge < -0.3 is 9.84 Å². The predicted molar refractivity (Wildman–Crippen MR) is 61.0 cm³/mol. The zero-order chi connectivity index (χ0) is 13.6. The number of halogens is 3. The van der Waals surface area contributed by atoms with Gasteiger partial charge in [-0.3, -0.25) is 0 Å². The Morgan fingerprint density at radius 1 is 1.28 bits per heavy atom. The highest BCUT2D eigenvalue weighted by molar-refractivity contribution is 7.99. The molecule has 18 heavy (non-hydrogen) atoms. The number of thioether (sulfide) groups is 1. The first-order valence-electron chi connectivity index (χ1n) is 4.99. The average molecular weight is 280 g/mol. The van der Waals surface area contributed by atoms with Crippen molar-refractivity contribution in [3.8, 4) is 0 Å². The molecule has 1 rings (SSSR count). The van der Waals surface area contributed by atoms with Gasteiger partial charge in [0.1, 0.15) is 6.61 Å². The molecule has 0 aliphatic carbocycles. The summed E-state index contributed by atoms with van der Waals surface area (Å²) in [6, 6.07) is 6.11. The maximum absolute atomic E-state index is 11.7. The van der Waals surface area contributed by atoms with Crippen molar-refractivity contribution in [2.24, 2.45) is 0 Å². The van der Waals surface area contributed by atoms with E-state index in [0.717, 1.165) is 4.90 Å². The summed E-state index contributed by atoms with van der Waals surface area (Å²) in [6.07, 6.45) is -4.30. The summed E-state index contributed by atoms with van der Waals surface area (Å²) in [5.74, 6) is -0.636. The standard InChI is InChI=1S/C11H11F3O3S/c12-11(13,14)7-17-5-6-18-9-3-1-8(2-4-9)10(15)16/h1-4H,5-7H2,(H,15,16). The minimum absolute atomic E-state index is 0.00907. The Balaban J connectivity index is 2.25. The van der Waals surface area contributed by atoms with E-state index < -0.39 is 18.8 Å². The van der Waals surface area contributed by atoms with Crippen molar-refractivity contribution < 1.29 is 27.8 Å². The van der Waals surface area contributed by atoms with E-state index >= 15 is 0 Å². The Morgan fingerprint density at radius 2 is 1.89 bits per heavy atom. The number of carboxylic acids is 1. The summed E-state index contributed by atoms with van der Waals surface area (Å²) in [7, 11) is 0. The lowest BCUT2D eigenvalue weighted by Crippen LogP contribution is -2.17. The molecule has 0 saturated carbocycles. The summed E-state index contributed by atoms with van der Waals surface area (Å²) in [4.78, 5) is 11.4. The molecule has 7 heteroatoms. The third-order valence-electron chi connectivity index (χ3n) is 1.86. The van der Waals surface area contributed by atoms with Gasteiger partial charge in [-0.25, -0.2) is 4.79 Å². The van der Waals surface area contributed by atoms with Crippen molar-refractivity contribution >= 4 is 17.7 Å². The Bertz CT molecular complexity index is 390. The molecule has 100 valence electrons. The fourth-order valence-electron chi connectivity index (χ4n) is 1.10. The molecule has 0 radical (unpaired) electrons. The minimum atomic E-state index is -4.30. The number of hydrogen-bond acceptors (Lipinski definition) is 3. The normalized spacial score (nSPS) is 11.5. The highest BCUT2D eigenvalue weighted by Gasteiger charge is 2.27. The van der Waals surface area contributed by atoms with Gasteiger partial charge in [-0.2, -0.15) is 13.2 Å². The molecule has 0 spiro atoms. The van der Waals surface area contributed by atoms with E-state index in [1.807, 2.05) is 0 Å². The van der Waals surface area contributed by atoms with Crippen LogP contribution in [0, 0.1) is 0 Å². The summed E-state index contributed by atoms with van der Waals surface area (Å²) < 4.78 is 39.7. The zero-order valence-electron chi connectivity index (χ0n) is 9.24. The molecule has 0 heterocycles. The number of hydrogen-bond donors (Lipinski definition) is 1. The van der Waals surface area contributed by atoms with Gasteiger partial charge in [-0.15, -0.1) is 11.8 Å². The van der Waals surface area contributed by atoms with Crippen molar-refractivity contribution in [3.63, 3.8) is 0 Å². The van der Waals surface area contributed by atoms with Gasteiger partial charge in [0.05, 0.1) is 12.2 Å². The Hall–Kier alpha value is -1.21. The van der Waals surface area contributed by atoms with Gasteiger partial charge in [0, 0.05) is 10.6 Å². The molecular formula is C11H11F3O3S. The van der Waals surface area contributed by atoms with E-state index in [2.05, 4.69) is 4.74 Å². The van der Waals surface area contributed by atoms with E-state index in [4.69, 9.17) is 5.11 Å². The molecule has 1 aromatic carbocycles. The van der Waals surface area contributed by atoms with E-state index in [0.29, 0.717) is 5.75 Å². The number of aromatic carboxylic acids is 1. The van der Waals surface area contributed by atoms with Crippen molar-refractivity contribution in [1.82, 2.24) is 0 Å². The lowest BCUT2D eigenvalue weighted by atomic mass is 10.2. The Labute approximate surface area is 106 Å². The average Bonchev–Trinajstić information content (AvgIpc) is 2.27. The summed E-state index contributed by atoms with van der Waals surface area (Å²) in [5, 5.41) is 8.66. The second kappa shape index (κ2) is 6.65. The molecule has 0 saturated heterocycles. The molecule has 0 bridgehead atoms. The predicted octanol–water partition coefficient (Wildman–Crippen LogP) is 3.06. The van der Waals surface area contributed by atoms with E-state index in [-0.39, 0.29) is 12.2 Å². The van der Waals surface area contributed by atoms with Gasteiger partial charge in [0.25, 0.3) is 0 Å². The van der Waals surface area contributed by atoms with Crippen LogP contribution >= 0.6 is 11.8 Å². The number of rotatable bonds is 6. The number of carbonyl (C=O) groups is 1. The molecule has 1 N–H and O–H groups in total. The summed E-state index contributed by atoms with van der Waals surface area (Å²) in [6.45, 7) is -1.25. The fraction of sp³-hybridized carbons (Fsp3) is 0.364. The molecule has 0 aromatic heterocycles. The van der Waals surface area contributed by atoms with Crippen LogP contribution in [0.15, 0.2) is 29.2 Å². The van der Waals surface area contributed by atoms with Crippen LogP contribution in [0.1, 0.15) is 10.4 Å². The van der Waals surface area contributed by atoms with Crippen LogP contribution in [0.2, 0.25) is 0 Å². The van der Waals surface area contributed by atoms with E-state index in [1.54, 1.807) is 12.1 Å². The van der Waals surface area contributed by atoms with Crippen LogP contribution in [-0.4, -0.2) is 36.2 Å². The second-order valence-corrected chi connectivity index (χ2v) is 4.51. The van der Waals surface area contributed by atoms with E-state index in [9.17, 15) is 18.0 Å². The van der Waals surface area contributed by atoms with Gasteiger partial charge in [0.2, 0.25) is 0 Å². The minimum Gasteiger partial charge on any atom is -0.478 e. The van der Waals surface area contributed by atoms with Crippen molar-refractivity contribution in [2.75, 3.05) is 19.0 Å². The molecule has 1 aromatic rings. The third kappa shape index (κ3) is 5.92. The molecule has 0 unspecified atom stereocenters. The number of alkyl halides is 3. The molecule has 0 atom stereocenters. The third-order valence-corrected chi connectivity index (χ3v) is 2.84. The second-order valence-electron chi connectivity index (χ2n) is 3.35. The zero-order valence-corrected chi connectivity index (χ0v) is 10.1. The van der Waals surface area contributed by atoms with Crippen LogP contribution in [0.25, 0.3) is 0 Å². The molecular weight excluding hydrogens is 269 g/mol. The molecule has 3 nitrogen and oxygen atoms in total. The van der Waals surface area contributed by atoms with Crippen LogP contribution in [0.4, 0.5) is 13.2 Å². The number of ether oxygens (including phenoxy) is 1. The highest BCUT2D eigenvalue weighted by Crippen LogP contribution is 2.19.